The minimum Gasteiger partial charge on any atom is -0.479 e. The number of carboxylic acid groups (broad SMARTS) is 2. The van der Waals surface area contributed by atoms with Crippen molar-refractivity contribution in [2.75, 3.05) is 13.2 Å². The van der Waals surface area contributed by atoms with E-state index in [9.17, 15) is 34.2 Å². The third-order valence-electron chi connectivity index (χ3n) is 5.37. The molecular weight excluding hydrogens is 510 g/mol. The minimum atomic E-state index is -2.15. The molecule has 0 atom stereocenters. The number of benzene rings is 2. The molecule has 39 heavy (non-hydrogen) atoms. The molecule has 0 aliphatic carbocycles. The Morgan fingerprint density at radius 2 is 1.54 bits per heavy atom. The van der Waals surface area contributed by atoms with E-state index >= 15 is 0 Å². The molecule has 5 N–H and O–H groups in total. The predicted molar refractivity (Wildman–Crippen MR) is 139 cm³/mol. The molecule has 1 amide bonds. The van der Waals surface area contributed by atoms with E-state index in [4.69, 9.17) is 20.6 Å². The van der Waals surface area contributed by atoms with E-state index < -0.39 is 35.8 Å². The summed E-state index contributed by atoms with van der Waals surface area (Å²) < 4.78 is 10.1. The molecule has 2 aromatic carbocycles. The van der Waals surface area contributed by atoms with E-state index in [0.29, 0.717) is 16.0 Å². The zero-order chi connectivity index (χ0) is 29.1. The summed E-state index contributed by atoms with van der Waals surface area (Å²) in [5, 5.41) is 26.2. The number of carboxylic acids is 2. The van der Waals surface area contributed by atoms with E-state index in [1.54, 1.807) is 6.92 Å². The normalized spacial score (nSPS) is 11.0. The van der Waals surface area contributed by atoms with Crippen LogP contribution in [0.4, 0.5) is 0 Å². The molecule has 0 heterocycles. The number of rotatable bonds is 13. The monoisotopic (exact) mass is 539 g/mol. The second kappa shape index (κ2) is 14.1. The van der Waals surface area contributed by atoms with Gasteiger partial charge < -0.3 is 30.3 Å². The topological polar surface area (TPSA) is 197 Å². The van der Waals surface area contributed by atoms with Crippen molar-refractivity contribution in [3.05, 3.63) is 70.8 Å². The van der Waals surface area contributed by atoms with Gasteiger partial charge in [0.25, 0.3) is 5.91 Å². The lowest BCUT2D eigenvalue weighted by Gasteiger charge is -2.26. The Hall–Kier alpha value is -5.00. The van der Waals surface area contributed by atoms with Crippen LogP contribution in [0.2, 0.25) is 0 Å². The summed E-state index contributed by atoms with van der Waals surface area (Å²) >= 11 is 0. The zero-order valence-electron chi connectivity index (χ0n) is 21.4. The fraction of sp³-hybridized carbons (Fsp3) is 0.259. The van der Waals surface area contributed by atoms with Gasteiger partial charge in [-0.25, -0.2) is 14.4 Å². The fourth-order valence-electron chi connectivity index (χ4n) is 3.47. The number of nitrogens with one attached hydrogen (secondary N) is 1. The maximum Gasteiger partial charge on any atom is 0.343 e. The van der Waals surface area contributed by atoms with Gasteiger partial charge >= 0.3 is 23.9 Å². The van der Waals surface area contributed by atoms with Gasteiger partial charge in [0, 0.05) is 24.1 Å². The van der Waals surface area contributed by atoms with E-state index in [1.165, 1.54) is 61.5 Å². The molecule has 206 valence electrons. The summed E-state index contributed by atoms with van der Waals surface area (Å²) in [7, 11) is 0. The highest BCUT2D eigenvalue weighted by Crippen LogP contribution is 2.17. The molecule has 0 fully saturated rings. The molecule has 0 bridgehead atoms. The van der Waals surface area contributed by atoms with Gasteiger partial charge in [-0.15, -0.1) is 0 Å². The number of nitrogens with two attached hydrogens (primary N) is 1. The van der Waals surface area contributed by atoms with Crippen LogP contribution in [0.3, 0.4) is 0 Å². The summed E-state index contributed by atoms with van der Waals surface area (Å²) in [6.07, 6.45) is 1.30. The van der Waals surface area contributed by atoms with Gasteiger partial charge in [-0.3, -0.25) is 15.0 Å². The Morgan fingerprint density at radius 3 is 2.05 bits per heavy atom. The molecule has 0 aliphatic heterocycles. The first-order valence-corrected chi connectivity index (χ1v) is 11.8. The number of hydrogen-bond acceptors (Lipinski definition) is 8. The first-order valence-electron chi connectivity index (χ1n) is 11.8. The summed E-state index contributed by atoms with van der Waals surface area (Å²) in [4.78, 5) is 61.0. The number of esters is 2. The van der Waals surface area contributed by atoms with E-state index in [0.717, 1.165) is 0 Å². The Kier molecular flexibility index (Phi) is 10.9. The third-order valence-corrected chi connectivity index (χ3v) is 5.37. The summed E-state index contributed by atoms with van der Waals surface area (Å²) in [6.45, 7) is 2.87. The van der Waals surface area contributed by atoms with Crippen molar-refractivity contribution in [3.8, 4) is 5.75 Å². The molecule has 0 unspecified atom stereocenters. The second-order valence-corrected chi connectivity index (χ2v) is 8.26. The molecule has 0 aromatic heterocycles. The first kappa shape index (κ1) is 30.2. The summed E-state index contributed by atoms with van der Waals surface area (Å²) in [5.41, 5.74) is 6.62. The maximum atomic E-state index is 13.1. The van der Waals surface area contributed by atoms with Gasteiger partial charge in [0.1, 0.15) is 11.6 Å². The highest BCUT2D eigenvalue weighted by Gasteiger charge is 2.36. The average molecular weight is 540 g/mol. The van der Waals surface area contributed by atoms with Crippen LogP contribution < -0.4 is 10.5 Å². The lowest BCUT2D eigenvalue weighted by atomic mass is 10.1. The van der Waals surface area contributed by atoms with Crippen molar-refractivity contribution in [1.29, 1.82) is 5.41 Å². The van der Waals surface area contributed by atoms with Gasteiger partial charge in [-0.05, 0) is 68.3 Å². The molecule has 2 aromatic rings. The molecule has 0 radical (unpaired) electrons. The summed E-state index contributed by atoms with van der Waals surface area (Å²) in [6, 6.07) is 9.92. The van der Waals surface area contributed by atoms with Crippen molar-refractivity contribution < 1.29 is 43.7 Å². The van der Waals surface area contributed by atoms with E-state index in [2.05, 4.69) is 0 Å². The van der Waals surface area contributed by atoms with Crippen LogP contribution in [-0.4, -0.2) is 69.9 Å². The molecular formula is C27H29N3O9. The van der Waals surface area contributed by atoms with Gasteiger partial charge in [0.2, 0.25) is 6.04 Å². The number of hydrogen-bond donors (Lipinski definition) is 4. The molecule has 0 spiro atoms. The lowest BCUT2D eigenvalue weighted by Crippen LogP contribution is -2.50. The van der Waals surface area contributed by atoms with Crippen LogP contribution >= 0.6 is 0 Å². The van der Waals surface area contributed by atoms with Crippen LogP contribution in [0, 0.1) is 5.41 Å². The number of nitrogens with zero attached hydrogens (tertiary/aromatic N) is 1. The van der Waals surface area contributed by atoms with Crippen LogP contribution in [0.25, 0.3) is 6.08 Å². The number of ether oxygens (including phenoxy) is 2. The lowest BCUT2D eigenvalue weighted by molar-refractivity contribution is -0.160. The quantitative estimate of drug-likeness (QED) is 0.0731. The van der Waals surface area contributed by atoms with Crippen molar-refractivity contribution in [2.45, 2.75) is 32.7 Å². The molecule has 2 rings (SSSR count). The molecule has 12 nitrogen and oxygen atoms in total. The summed E-state index contributed by atoms with van der Waals surface area (Å²) in [5.74, 6) is -5.35. The molecule has 12 heteroatoms. The first-order chi connectivity index (χ1) is 18.4. The van der Waals surface area contributed by atoms with Crippen molar-refractivity contribution in [2.24, 2.45) is 5.73 Å². The van der Waals surface area contributed by atoms with Crippen LogP contribution in [0.5, 0.6) is 5.75 Å². The molecule has 0 saturated carbocycles. The number of nitrogen functional groups attached to an aromatic ring is 1. The van der Waals surface area contributed by atoms with Gasteiger partial charge in [-0.2, -0.15) is 0 Å². The number of carbonyl (C=O) groups is 5. The van der Waals surface area contributed by atoms with Crippen molar-refractivity contribution in [3.63, 3.8) is 0 Å². The third kappa shape index (κ3) is 8.81. The number of amides is 1. The minimum absolute atomic E-state index is 0.00318. The number of amidine groups is 1. The van der Waals surface area contributed by atoms with E-state index in [1.807, 2.05) is 0 Å². The molecule has 0 aliphatic rings. The Morgan fingerprint density at radius 1 is 0.974 bits per heavy atom. The van der Waals surface area contributed by atoms with Gasteiger partial charge in [0.05, 0.1) is 12.2 Å². The highest BCUT2D eigenvalue weighted by atomic mass is 16.5. The van der Waals surface area contributed by atoms with Crippen LogP contribution in [-0.2, 0) is 23.9 Å². The van der Waals surface area contributed by atoms with E-state index in [-0.39, 0.29) is 48.7 Å². The standard InChI is InChI=1S/C27H29N3O9/c1-3-38-21(31)5-4-14-30(22(25(33)34)26(35)36)24(32)16(2)15-17-6-8-19(9-7-17)27(37)39-20-12-10-18(11-13-20)23(28)29/h6-13,15,22H,3-5,14H2,1-2H3,(H3,28,29)(H,33,34)(H,35,36)/b16-15+. The second-order valence-electron chi connectivity index (χ2n) is 8.26. The van der Waals surface area contributed by atoms with Crippen LogP contribution in [0.1, 0.15) is 48.2 Å². The average Bonchev–Trinajstić information content (AvgIpc) is 2.88. The Balaban J connectivity index is 2.16. The Bertz CT molecular complexity index is 1250. The smallest absolute Gasteiger partial charge is 0.343 e. The van der Waals surface area contributed by atoms with Crippen LogP contribution in [0.15, 0.2) is 54.1 Å². The SMILES string of the molecule is CCOC(=O)CCCN(C(=O)/C(C)=C/c1ccc(C(=O)Oc2ccc(C(=N)N)cc2)cc1)C(C(=O)O)C(=O)O. The van der Waals surface area contributed by atoms with Gasteiger partial charge in [-0.1, -0.05) is 12.1 Å². The number of aliphatic carboxylic acids is 2. The Labute approximate surface area is 224 Å². The fourth-order valence-corrected chi connectivity index (χ4v) is 3.47. The largest absolute Gasteiger partial charge is 0.479 e. The maximum absolute atomic E-state index is 13.1. The zero-order valence-corrected chi connectivity index (χ0v) is 21.4. The molecule has 0 saturated heterocycles. The predicted octanol–water partition coefficient (Wildman–Crippen LogP) is 2.30. The van der Waals surface area contributed by atoms with Crippen molar-refractivity contribution in [1.82, 2.24) is 4.90 Å². The highest BCUT2D eigenvalue weighted by molar-refractivity contribution is 6.05. The van der Waals surface area contributed by atoms with Crippen molar-refractivity contribution >= 4 is 41.7 Å². The van der Waals surface area contributed by atoms with Gasteiger partial charge in [0.15, 0.2) is 0 Å². The number of carbonyl (C=O) groups excluding carboxylic acids is 3.